The van der Waals surface area contributed by atoms with Gasteiger partial charge in [0.25, 0.3) is 0 Å². The Morgan fingerprint density at radius 2 is 2.17 bits per heavy atom. The van der Waals surface area contributed by atoms with Gasteiger partial charge in [0.1, 0.15) is 18.2 Å². The van der Waals surface area contributed by atoms with E-state index in [9.17, 15) is 4.39 Å². The number of halogens is 1. The molecular weight excluding hydrogens is 235 g/mol. The van der Waals surface area contributed by atoms with Crippen molar-refractivity contribution in [3.8, 4) is 17.6 Å². The molecule has 98 valence electrons. The van der Waals surface area contributed by atoms with Gasteiger partial charge in [-0.15, -0.1) is 0 Å². The lowest BCUT2D eigenvalue weighted by atomic mass is 10.2. The molecule has 1 rings (SSSR count). The van der Waals surface area contributed by atoms with Crippen LogP contribution in [0.2, 0.25) is 0 Å². The second-order valence-corrected chi connectivity index (χ2v) is 3.46. The second-order valence-electron chi connectivity index (χ2n) is 3.46. The Balaban J connectivity index is 2.54. The van der Waals surface area contributed by atoms with Gasteiger partial charge in [-0.1, -0.05) is 11.8 Å². The molecule has 0 bridgehead atoms. The fourth-order valence-electron chi connectivity index (χ4n) is 1.26. The highest BCUT2D eigenvalue weighted by molar-refractivity contribution is 5.39. The molecule has 0 aromatic heterocycles. The molecule has 0 aliphatic carbocycles. The molecule has 0 amide bonds. The molecule has 0 aliphatic rings. The van der Waals surface area contributed by atoms with Crippen LogP contribution in [0.1, 0.15) is 18.9 Å². The lowest BCUT2D eigenvalue weighted by Crippen LogP contribution is -2.06. The zero-order chi connectivity index (χ0) is 13.2. The number of aliphatic hydroxyl groups is 1. The van der Waals surface area contributed by atoms with Gasteiger partial charge in [-0.25, -0.2) is 4.39 Å². The van der Waals surface area contributed by atoms with E-state index < -0.39 is 5.82 Å². The van der Waals surface area contributed by atoms with Gasteiger partial charge < -0.3 is 14.6 Å². The topological polar surface area (TPSA) is 38.7 Å². The average Bonchev–Trinajstić information content (AvgIpc) is 2.37. The Hall–Kier alpha value is -1.57. The van der Waals surface area contributed by atoms with Gasteiger partial charge in [-0.2, -0.15) is 0 Å². The van der Waals surface area contributed by atoms with Crippen LogP contribution in [0.4, 0.5) is 4.39 Å². The van der Waals surface area contributed by atoms with E-state index in [1.807, 2.05) is 6.92 Å². The predicted octanol–water partition coefficient (Wildman–Crippen LogP) is 1.97. The normalized spacial score (nSPS) is 9.72. The van der Waals surface area contributed by atoms with Crippen molar-refractivity contribution >= 4 is 0 Å². The minimum atomic E-state index is -0.422. The van der Waals surface area contributed by atoms with Crippen LogP contribution in [0.3, 0.4) is 0 Å². The van der Waals surface area contributed by atoms with Gasteiger partial charge in [-0.05, 0) is 19.1 Å². The minimum Gasteiger partial charge on any atom is -0.491 e. The summed E-state index contributed by atoms with van der Waals surface area (Å²) in [6.07, 6.45) is 0.339. The number of aliphatic hydroxyl groups excluding tert-OH is 1. The van der Waals surface area contributed by atoms with Crippen LogP contribution in [-0.2, 0) is 4.74 Å². The number of ether oxygens (including phenoxy) is 2. The monoisotopic (exact) mass is 252 g/mol. The van der Waals surface area contributed by atoms with E-state index in [4.69, 9.17) is 14.6 Å². The molecule has 3 nitrogen and oxygen atoms in total. The Labute approximate surface area is 107 Å². The molecule has 4 heteroatoms. The molecule has 0 radical (unpaired) electrons. The third-order valence-corrected chi connectivity index (χ3v) is 2.10. The van der Waals surface area contributed by atoms with Gasteiger partial charge in [0.05, 0.1) is 18.8 Å². The summed E-state index contributed by atoms with van der Waals surface area (Å²) in [6, 6.07) is 4.53. The largest absolute Gasteiger partial charge is 0.491 e. The smallest absolute Gasteiger partial charge is 0.142 e. The van der Waals surface area contributed by atoms with Crippen LogP contribution in [-0.4, -0.2) is 31.5 Å². The molecular formula is C14H17FO3. The summed E-state index contributed by atoms with van der Waals surface area (Å²) in [5.41, 5.74) is 0.306. The summed E-state index contributed by atoms with van der Waals surface area (Å²) in [5, 5.41) is 8.57. The van der Waals surface area contributed by atoms with Gasteiger partial charge in [0.15, 0.2) is 0 Å². The Morgan fingerprint density at radius 1 is 1.33 bits per heavy atom. The van der Waals surface area contributed by atoms with Crippen molar-refractivity contribution < 1.29 is 19.0 Å². The first-order valence-corrected chi connectivity index (χ1v) is 5.87. The maximum atomic E-state index is 13.6. The van der Waals surface area contributed by atoms with Crippen LogP contribution in [0.5, 0.6) is 5.75 Å². The molecule has 1 N–H and O–H groups in total. The molecule has 0 heterocycles. The first kappa shape index (κ1) is 14.5. The molecule has 1 aromatic rings. The third kappa shape index (κ3) is 5.17. The molecule has 1 aromatic carbocycles. The van der Waals surface area contributed by atoms with Gasteiger partial charge in [0, 0.05) is 19.1 Å². The van der Waals surface area contributed by atoms with Gasteiger partial charge in [-0.3, -0.25) is 0 Å². The number of rotatable bonds is 6. The van der Waals surface area contributed by atoms with Crippen LogP contribution in [0.15, 0.2) is 18.2 Å². The van der Waals surface area contributed by atoms with Crippen molar-refractivity contribution in [2.75, 3.05) is 26.4 Å². The molecule has 0 saturated carbocycles. The van der Waals surface area contributed by atoms with Crippen molar-refractivity contribution in [3.05, 3.63) is 29.6 Å². The summed E-state index contributed by atoms with van der Waals surface area (Å²) in [7, 11) is 0. The van der Waals surface area contributed by atoms with Crippen molar-refractivity contribution in [1.29, 1.82) is 0 Å². The summed E-state index contributed by atoms with van der Waals surface area (Å²) in [5.74, 6) is 5.36. The Morgan fingerprint density at radius 3 is 2.83 bits per heavy atom. The average molecular weight is 252 g/mol. The molecule has 0 aliphatic heterocycles. The maximum Gasteiger partial charge on any atom is 0.142 e. The number of benzene rings is 1. The fraction of sp³-hybridized carbons (Fsp3) is 0.429. The summed E-state index contributed by atoms with van der Waals surface area (Å²) < 4.78 is 24.0. The molecule has 0 atom stereocenters. The van der Waals surface area contributed by atoms with Crippen molar-refractivity contribution in [3.63, 3.8) is 0 Å². The standard InChI is InChI=1S/C14H17FO3/c1-2-17-9-10-18-13-7-6-12(14(15)11-13)5-3-4-8-16/h6-7,11,16H,2,4,8-10H2,1H3. The maximum absolute atomic E-state index is 13.6. The summed E-state index contributed by atoms with van der Waals surface area (Å²) >= 11 is 0. The van der Waals surface area contributed by atoms with E-state index in [0.29, 0.717) is 37.6 Å². The zero-order valence-corrected chi connectivity index (χ0v) is 10.4. The lowest BCUT2D eigenvalue weighted by Gasteiger charge is -2.06. The fourth-order valence-corrected chi connectivity index (χ4v) is 1.26. The van der Waals surface area contributed by atoms with Crippen LogP contribution in [0.25, 0.3) is 0 Å². The van der Waals surface area contributed by atoms with Crippen molar-refractivity contribution in [2.45, 2.75) is 13.3 Å². The quantitative estimate of drug-likeness (QED) is 0.621. The molecule has 0 spiro atoms. The van der Waals surface area contributed by atoms with Crippen molar-refractivity contribution in [2.24, 2.45) is 0 Å². The number of hydrogen-bond acceptors (Lipinski definition) is 3. The zero-order valence-electron chi connectivity index (χ0n) is 10.4. The molecule has 0 saturated heterocycles. The Kier molecular flexibility index (Phi) is 6.85. The lowest BCUT2D eigenvalue weighted by molar-refractivity contribution is 0.110. The summed E-state index contributed by atoms with van der Waals surface area (Å²) in [4.78, 5) is 0. The van der Waals surface area contributed by atoms with E-state index in [2.05, 4.69) is 11.8 Å². The highest BCUT2D eigenvalue weighted by Gasteiger charge is 2.01. The first-order valence-electron chi connectivity index (χ1n) is 5.87. The molecule has 18 heavy (non-hydrogen) atoms. The summed E-state index contributed by atoms with van der Waals surface area (Å²) in [6.45, 7) is 3.39. The Bertz CT molecular complexity index is 421. The number of hydrogen-bond donors (Lipinski definition) is 1. The van der Waals surface area contributed by atoms with Crippen LogP contribution in [0, 0.1) is 17.7 Å². The predicted molar refractivity (Wildman–Crippen MR) is 67.0 cm³/mol. The van der Waals surface area contributed by atoms with E-state index in [-0.39, 0.29) is 6.61 Å². The first-order chi connectivity index (χ1) is 8.77. The van der Waals surface area contributed by atoms with Gasteiger partial charge in [0.2, 0.25) is 0 Å². The highest BCUT2D eigenvalue weighted by Crippen LogP contribution is 2.15. The van der Waals surface area contributed by atoms with Crippen LogP contribution >= 0.6 is 0 Å². The van der Waals surface area contributed by atoms with Crippen molar-refractivity contribution in [1.82, 2.24) is 0 Å². The van der Waals surface area contributed by atoms with E-state index >= 15 is 0 Å². The van der Waals surface area contributed by atoms with E-state index in [1.165, 1.54) is 6.07 Å². The van der Waals surface area contributed by atoms with Crippen LogP contribution < -0.4 is 4.74 Å². The minimum absolute atomic E-state index is 0.0206. The van der Waals surface area contributed by atoms with E-state index in [1.54, 1.807) is 12.1 Å². The second kappa shape index (κ2) is 8.51. The molecule has 0 unspecified atom stereocenters. The van der Waals surface area contributed by atoms with E-state index in [0.717, 1.165) is 0 Å². The third-order valence-electron chi connectivity index (χ3n) is 2.10. The van der Waals surface area contributed by atoms with Gasteiger partial charge >= 0.3 is 0 Å². The molecule has 0 fully saturated rings. The SMILES string of the molecule is CCOCCOc1ccc(C#CCCO)c(F)c1. The highest BCUT2D eigenvalue weighted by atomic mass is 19.1.